The minimum atomic E-state index is -0.963. The van der Waals surface area contributed by atoms with Gasteiger partial charge in [-0.2, -0.15) is 0 Å². The largest absolute Gasteiger partial charge is 0.481 e. The molecule has 2 heterocycles. The molecule has 0 unspecified atom stereocenters. The van der Waals surface area contributed by atoms with Gasteiger partial charge < -0.3 is 20.1 Å². The molecular weight excluding hydrogens is 348 g/mol. The van der Waals surface area contributed by atoms with E-state index in [2.05, 4.69) is 5.32 Å². The first kappa shape index (κ1) is 17.7. The van der Waals surface area contributed by atoms with E-state index >= 15 is 0 Å². The molecule has 134 valence electrons. The second-order valence-corrected chi connectivity index (χ2v) is 6.95. The number of carbonyl (C=O) groups excluding carboxylic acids is 2. The minimum Gasteiger partial charge on any atom is -0.481 e. The second-order valence-electron chi connectivity index (χ2n) is 6.54. The van der Waals surface area contributed by atoms with Gasteiger partial charge in [-0.3, -0.25) is 14.4 Å². The van der Waals surface area contributed by atoms with Crippen molar-refractivity contribution < 1.29 is 24.2 Å². The molecule has 2 amide bonds. The average molecular weight is 367 g/mol. The van der Waals surface area contributed by atoms with E-state index in [1.165, 1.54) is 17.9 Å². The predicted octanol–water partition coefficient (Wildman–Crippen LogP) is 1.86. The normalized spacial score (nSPS) is 25.4. The number of likely N-dealkylation sites (tertiary alicyclic amines) is 1. The lowest BCUT2D eigenvalue weighted by Crippen LogP contribution is -2.45. The molecular formula is C17H19ClN2O5. The van der Waals surface area contributed by atoms with Crippen LogP contribution in [0.2, 0.25) is 5.02 Å². The number of nitrogens with zero attached hydrogens (tertiary/aromatic N) is 1. The first-order valence-corrected chi connectivity index (χ1v) is 8.39. The van der Waals surface area contributed by atoms with Crippen LogP contribution < -0.4 is 5.32 Å². The van der Waals surface area contributed by atoms with Crippen molar-refractivity contribution in [3.05, 3.63) is 28.8 Å². The number of fused-ring (bicyclic) bond motifs is 1. The fourth-order valence-corrected chi connectivity index (χ4v) is 3.79. The van der Waals surface area contributed by atoms with Gasteiger partial charge in [-0.05, 0) is 24.6 Å². The standard InChI is InChI=1S/C17H19ClN2O5/c1-10(21)19-12-2-3-14(18)13(6-12)15(22)20-7-11-8-25-5-4-17(11,9-20)16(23)24/h2-3,6,11H,4-5,7-9H2,1H3,(H,19,21)(H,23,24)/t11-,17+/m0/s1. The number of halogens is 1. The maximum absolute atomic E-state index is 12.9. The van der Waals surface area contributed by atoms with Gasteiger partial charge in [0.1, 0.15) is 0 Å². The van der Waals surface area contributed by atoms with Crippen molar-refractivity contribution in [2.45, 2.75) is 13.3 Å². The third kappa shape index (κ3) is 3.21. The van der Waals surface area contributed by atoms with Crippen molar-refractivity contribution in [1.29, 1.82) is 0 Å². The van der Waals surface area contributed by atoms with E-state index in [4.69, 9.17) is 16.3 Å². The molecule has 2 atom stereocenters. The summed E-state index contributed by atoms with van der Waals surface area (Å²) in [6, 6.07) is 4.66. The van der Waals surface area contributed by atoms with Crippen molar-refractivity contribution in [3.8, 4) is 0 Å². The summed E-state index contributed by atoms with van der Waals surface area (Å²) in [6.45, 7) is 2.53. The molecule has 2 fully saturated rings. The number of hydrogen-bond acceptors (Lipinski definition) is 4. The summed E-state index contributed by atoms with van der Waals surface area (Å²) < 4.78 is 5.40. The molecule has 1 aromatic carbocycles. The third-order valence-electron chi connectivity index (χ3n) is 4.94. The molecule has 0 aromatic heterocycles. The lowest BCUT2D eigenvalue weighted by atomic mass is 9.74. The summed E-state index contributed by atoms with van der Waals surface area (Å²) in [5.41, 5.74) is -0.253. The van der Waals surface area contributed by atoms with E-state index in [1.807, 2.05) is 0 Å². The third-order valence-corrected chi connectivity index (χ3v) is 5.27. The zero-order chi connectivity index (χ0) is 18.2. The van der Waals surface area contributed by atoms with E-state index in [-0.39, 0.29) is 34.9 Å². The van der Waals surface area contributed by atoms with E-state index < -0.39 is 11.4 Å². The minimum absolute atomic E-state index is 0.135. The zero-order valence-corrected chi connectivity index (χ0v) is 14.5. The van der Waals surface area contributed by atoms with Crippen LogP contribution in [0.3, 0.4) is 0 Å². The SMILES string of the molecule is CC(=O)Nc1ccc(Cl)c(C(=O)N2C[C@H]3COCC[C@@]3(C(=O)O)C2)c1. The number of hydrogen-bond donors (Lipinski definition) is 2. The molecule has 2 saturated heterocycles. The van der Waals surface area contributed by atoms with E-state index in [0.29, 0.717) is 31.9 Å². The summed E-state index contributed by atoms with van der Waals surface area (Å²) in [7, 11) is 0. The molecule has 8 heteroatoms. The summed E-state index contributed by atoms with van der Waals surface area (Å²) >= 11 is 6.15. The van der Waals surface area contributed by atoms with E-state index in [9.17, 15) is 19.5 Å². The molecule has 2 N–H and O–H groups in total. The Kier molecular flexibility index (Phi) is 4.71. The van der Waals surface area contributed by atoms with Crippen LogP contribution in [0.1, 0.15) is 23.7 Å². The van der Waals surface area contributed by atoms with Gasteiger partial charge in [0.25, 0.3) is 5.91 Å². The maximum atomic E-state index is 12.9. The van der Waals surface area contributed by atoms with Crippen LogP contribution in [0, 0.1) is 11.3 Å². The van der Waals surface area contributed by atoms with Gasteiger partial charge in [0, 0.05) is 38.2 Å². The summed E-state index contributed by atoms with van der Waals surface area (Å²) in [5, 5.41) is 12.6. The Morgan fingerprint density at radius 2 is 2.16 bits per heavy atom. The number of aliphatic carboxylic acids is 1. The van der Waals surface area contributed by atoms with Crippen LogP contribution in [-0.2, 0) is 14.3 Å². The van der Waals surface area contributed by atoms with Gasteiger partial charge in [-0.1, -0.05) is 11.6 Å². The van der Waals surface area contributed by atoms with Crippen molar-refractivity contribution >= 4 is 35.1 Å². The summed E-state index contributed by atoms with van der Waals surface area (Å²) in [4.78, 5) is 37.5. The average Bonchev–Trinajstić information content (AvgIpc) is 2.96. The Hall–Kier alpha value is -2.12. The molecule has 0 saturated carbocycles. The number of nitrogens with one attached hydrogen (secondary N) is 1. The Labute approximate surface area is 149 Å². The Bertz CT molecular complexity index is 738. The first-order valence-electron chi connectivity index (χ1n) is 8.01. The number of carboxylic acids is 1. The number of rotatable bonds is 3. The molecule has 0 bridgehead atoms. The quantitative estimate of drug-likeness (QED) is 0.851. The highest BCUT2D eigenvalue weighted by molar-refractivity contribution is 6.34. The number of amides is 2. The van der Waals surface area contributed by atoms with Crippen LogP contribution in [-0.4, -0.2) is 54.1 Å². The number of benzene rings is 1. The molecule has 0 spiro atoms. The highest BCUT2D eigenvalue weighted by atomic mass is 35.5. The molecule has 7 nitrogen and oxygen atoms in total. The van der Waals surface area contributed by atoms with Gasteiger partial charge in [0.15, 0.2) is 0 Å². The number of carboxylic acid groups (broad SMARTS) is 1. The molecule has 3 rings (SSSR count). The predicted molar refractivity (Wildman–Crippen MR) is 90.7 cm³/mol. The Balaban J connectivity index is 1.87. The Morgan fingerprint density at radius 3 is 2.80 bits per heavy atom. The van der Waals surface area contributed by atoms with Gasteiger partial charge in [-0.25, -0.2) is 0 Å². The van der Waals surface area contributed by atoms with Crippen LogP contribution in [0.25, 0.3) is 0 Å². The smallest absolute Gasteiger partial charge is 0.311 e. The van der Waals surface area contributed by atoms with Crippen LogP contribution in [0.5, 0.6) is 0 Å². The number of carbonyl (C=O) groups is 3. The second kappa shape index (κ2) is 6.65. The van der Waals surface area contributed by atoms with Crippen molar-refractivity contribution in [3.63, 3.8) is 0 Å². The number of anilines is 1. The van der Waals surface area contributed by atoms with Crippen molar-refractivity contribution in [2.24, 2.45) is 11.3 Å². The molecule has 2 aliphatic rings. The van der Waals surface area contributed by atoms with E-state index in [1.54, 1.807) is 12.1 Å². The Morgan fingerprint density at radius 1 is 1.40 bits per heavy atom. The number of ether oxygens (including phenoxy) is 1. The fourth-order valence-electron chi connectivity index (χ4n) is 3.59. The summed E-state index contributed by atoms with van der Waals surface area (Å²) in [5.74, 6) is -1.73. The molecule has 0 radical (unpaired) electrons. The van der Waals surface area contributed by atoms with Crippen LogP contribution >= 0.6 is 11.6 Å². The lowest BCUT2D eigenvalue weighted by Gasteiger charge is -2.33. The topological polar surface area (TPSA) is 95.9 Å². The zero-order valence-electron chi connectivity index (χ0n) is 13.8. The summed E-state index contributed by atoms with van der Waals surface area (Å²) in [6.07, 6.45) is 0.385. The van der Waals surface area contributed by atoms with Crippen molar-refractivity contribution in [1.82, 2.24) is 4.90 Å². The van der Waals surface area contributed by atoms with Crippen molar-refractivity contribution in [2.75, 3.05) is 31.6 Å². The maximum Gasteiger partial charge on any atom is 0.311 e. The van der Waals surface area contributed by atoms with E-state index in [0.717, 1.165) is 0 Å². The van der Waals surface area contributed by atoms with Gasteiger partial charge in [0.05, 0.1) is 22.6 Å². The highest BCUT2D eigenvalue weighted by Gasteiger charge is 2.55. The molecule has 25 heavy (non-hydrogen) atoms. The molecule has 1 aromatic rings. The first-order chi connectivity index (χ1) is 11.8. The molecule has 2 aliphatic heterocycles. The molecule has 0 aliphatic carbocycles. The van der Waals surface area contributed by atoms with Crippen LogP contribution in [0.15, 0.2) is 18.2 Å². The fraction of sp³-hybridized carbons (Fsp3) is 0.471. The van der Waals surface area contributed by atoms with Gasteiger partial charge >= 0.3 is 5.97 Å². The van der Waals surface area contributed by atoms with Gasteiger partial charge in [0.2, 0.25) is 5.91 Å². The highest BCUT2D eigenvalue weighted by Crippen LogP contribution is 2.43. The monoisotopic (exact) mass is 366 g/mol. The van der Waals surface area contributed by atoms with Crippen LogP contribution in [0.4, 0.5) is 5.69 Å². The lowest BCUT2D eigenvalue weighted by molar-refractivity contribution is -0.157. The van der Waals surface area contributed by atoms with Gasteiger partial charge in [-0.15, -0.1) is 0 Å².